The molecule has 0 aliphatic carbocycles. The van der Waals surface area contributed by atoms with E-state index in [1.165, 1.54) is 13.8 Å². The Morgan fingerprint density at radius 1 is 0.722 bits per heavy atom. The van der Waals surface area contributed by atoms with Gasteiger partial charge in [0.25, 0.3) is 0 Å². The highest BCUT2D eigenvalue weighted by Crippen LogP contribution is 2.39. The first kappa shape index (κ1) is 40.5. The van der Waals surface area contributed by atoms with Crippen LogP contribution in [0.3, 0.4) is 0 Å². The Bertz CT molecular complexity index is 1600. The normalized spacial score (nSPS) is 30.5. The van der Waals surface area contributed by atoms with Gasteiger partial charge >= 0.3 is 23.9 Å². The van der Waals surface area contributed by atoms with Crippen LogP contribution < -0.4 is 10.1 Å². The van der Waals surface area contributed by atoms with Gasteiger partial charge in [-0.2, -0.15) is 0 Å². The maximum Gasteiger partial charge on any atom is 0.303 e. The fraction of sp³-hybridized carbons (Fsp3) is 0.541. The number of carbonyl (C=O) groups excluding carboxylic acids is 5. The van der Waals surface area contributed by atoms with Gasteiger partial charge in [-0.15, -0.1) is 0 Å². The van der Waals surface area contributed by atoms with Crippen molar-refractivity contribution in [2.45, 2.75) is 109 Å². The zero-order chi connectivity index (χ0) is 38.9. The molecule has 11 atom stereocenters. The third-order valence-corrected chi connectivity index (χ3v) is 8.59. The van der Waals surface area contributed by atoms with E-state index in [0.717, 1.165) is 26.3 Å². The molecule has 1 amide bonds. The number of fused-ring (bicyclic) bond motifs is 1. The number of nitrogens with one attached hydrogen (secondary N) is 1. The monoisotopic (exact) mass is 759 g/mol. The van der Waals surface area contributed by atoms with Crippen LogP contribution in [0.15, 0.2) is 54.6 Å². The van der Waals surface area contributed by atoms with E-state index < -0.39 is 104 Å². The minimum absolute atomic E-state index is 0.00220. The highest BCUT2D eigenvalue weighted by Gasteiger charge is 2.57. The van der Waals surface area contributed by atoms with Crippen molar-refractivity contribution >= 4 is 29.8 Å². The number of hydrogen-bond donors (Lipinski definition) is 1. The molecule has 17 nitrogen and oxygen atoms in total. The summed E-state index contributed by atoms with van der Waals surface area (Å²) in [4.78, 5) is 62.0. The second-order valence-corrected chi connectivity index (χ2v) is 12.8. The Hall–Kier alpha value is -4.65. The molecule has 0 spiro atoms. The van der Waals surface area contributed by atoms with Crippen molar-refractivity contribution in [3.8, 4) is 5.75 Å². The van der Waals surface area contributed by atoms with Crippen molar-refractivity contribution in [2.75, 3.05) is 20.3 Å². The molecule has 0 aromatic heterocycles. The number of methoxy groups -OCH3 is 1. The summed E-state index contributed by atoms with van der Waals surface area (Å²) in [7, 11) is 1.54. The Morgan fingerprint density at radius 2 is 1.37 bits per heavy atom. The van der Waals surface area contributed by atoms with Gasteiger partial charge in [0, 0.05) is 40.2 Å². The molecule has 0 bridgehead atoms. The van der Waals surface area contributed by atoms with Crippen molar-refractivity contribution in [1.29, 1.82) is 0 Å². The summed E-state index contributed by atoms with van der Waals surface area (Å²) in [6.07, 6.45) is -12.5. The van der Waals surface area contributed by atoms with Gasteiger partial charge in [0.2, 0.25) is 5.91 Å². The number of amides is 1. The third kappa shape index (κ3) is 10.5. The summed E-state index contributed by atoms with van der Waals surface area (Å²) in [6, 6.07) is 15.2. The lowest BCUT2D eigenvalue weighted by atomic mass is 9.94. The molecule has 3 saturated heterocycles. The van der Waals surface area contributed by atoms with Crippen molar-refractivity contribution in [1.82, 2.24) is 5.32 Å². The van der Waals surface area contributed by atoms with Crippen LogP contribution in [-0.2, 0) is 77.9 Å². The van der Waals surface area contributed by atoms with E-state index >= 15 is 0 Å². The van der Waals surface area contributed by atoms with E-state index in [9.17, 15) is 24.0 Å². The van der Waals surface area contributed by atoms with E-state index in [2.05, 4.69) is 5.32 Å². The SMILES string of the molecule is COc1ccc(C2OCC3OC(OCc4ccccc4)C(NC(C)=O)C(OC4OC(COC(C)=O)C(OC(C)=O)C(OC(C)=O)C4OC(C)=O)C3O2)cc1. The fourth-order valence-electron chi connectivity index (χ4n) is 6.40. The lowest BCUT2D eigenvalue weighted by Crippen LogP contribution is -2.70. The Morgan fingerprint density at radius 3 is 1.98 bits per heavy atom. The van der Waals surface area contributed by atoms with Crippen LogP contribution in [0.2, 0.25) is 0 Å². The van der Waals surface area contributed by atoms with E-state index in [-0.39, 0.29) is 13.2 Å². The van der Waals surface area contributed by atoms with Crippen molar-refractivity contribution < 1.29 is 76.1 Å². The van der Waals surface area contributed by atoms with Crippen LogP contribution in [0.5, 0.6) is 5.75 Å². The second kappa shape index (κ2) is 18.6. The van der Waals surface area contributed by atoms with Gasteiger partial charge in [0.05, 0.1) is 20.3 Å². The number of carbonyl (C=O) groups is 5. The first-order valence-electron chi connectivity index (χ1n) is 17.3. The summed E-state index contributed by atoms with van der Waals surface area (Å²) < 4.78 is 65.4. The fourth-order valence-corrected chi connectivity index (χ4v) is 6.40. The first-order valence-corrected chi connectivity index (χ1v) is 17.3. The maximum absolute atomic E-state index is 12.8. The molecule has 2 aromatic carbocycles. The van der Waals surface area contributed by atoms with Crippen molar-refractivity contribution in [2.24, 2.45) is 0 Å². The summed E-state index contributed by atoms with van der Waals surface area (Å²) in [5.41, 5.74) is 1.45. The van der Waals surface area contributed by atoms with Gasteiger partial charge < -0.3 is 57.4 Å². The zero-order valence-electron chi connectivity index (χ0n) is 30.7. The molecule has 3 aliphatic rings. The number of hydrogen-bond acceptors (Lipinski definition) is 16. The molecule has 2 aromatic rings. The quantitative estimate of drug-likeness (QED) is 0.230. The average Bonchev–Trinajstić information content (AvgIpc) is 3.12. The van der Waals surface area contributed by atoms with Gasteiger partial charge in [-0.25, -0.2) is 0 Å². The smallest absolute Gasteiger partial charge is 0.303 e. The maximum atomic E-state index is 12.8. The number of ether oxygens (including phenoxy) is 11. The molecule has 294 valence electrons. The molecule has 54 heavy (non-hydrogen) atoms. The van der Waals surface area contributed by atoms with Crippen LogP contribution in [-0.4, -0.2) is 111 Å². The Labute approximate surface area is 311 Å². The predicted octanol–water partition coefficient (Wildman–Crippen LogP) is 2.02. The first-order chi connectivity index (χ1) is 25.8. The summed E-state index contributed by atoms with van der Waals surface area (Å²) in [5, 5.41) is 2.86. The molecule has 0 radical (unpaired) electrons. The number of esters is 4. The van der Waals surface area contributed by atoms with E-state index in [1.807, 2.05) is 30.3 Å². The lowest BCUT2D eigenvalue weighted by Gasteiger charge is -2.51. The molecule has 3 heterocycles. The van der Waals surface area contributed by atoms with Gasteiger partial charge in [-0.1, -0.05) is 42.5 Å². The highest BCUT2D eigenvalue weighted by atomic mass is 16.8. The van der Waals surface area contributed by atoms with Gasteiger partial charge in [0.1, 0.15) is 42.8 Å². The molecule has 1 N–H and O–H groups in total. The molecular formula is C37H45NO16. The third-order valence-electron chi connectivity index (χ3n) is 8.59. The predicted molar refractivity (Wildman–Crippen MR) is 181 cm³/mol. The van der Waals surface area contributed by atoms with Crippen molar-refractivity contribution in [3.05, 3.63) is 65.7 Å². The molecule has 17 heteroatoms. The Kier molecular flexibility index (Phi) is 14.0. The summed E-state index contributed by atoms with van der Waals surface area (Å²) >= 11 is 0. The lowest BCUT2D eigenvalue weighted by molar-refractivity contribution is -0.379. The number of rotatable bonds is 13. The molecule has 3 aliphatic heterocycles. The van der Waals surface area contributed by atoms with Crippen LogP contribution in [0.4, 0.5) is 0 Å². The number of benzene rings is 2. The van der Waals surface area contributed by atoms with E-state index in [4.69, 9.17) is 52.1 Å². The zero-order valence-corrected chi connectivity index (χ0v) is 30.7. The van der Waals surface area contributed by atoms with Crippen LogP contribution in [0, 0.1) is 0 Å². The van der Waals surface area contributed by atoms with Crippen LogP contribution in [0.1, 0.15) is 52.0 Å². The van der Waals surface area contributed by atoms with E-state index in [1.54, 1.807) is 31.4 Å². The summed E-state index contributed by atoms with van der Waals surface area (Å²) in [6.45, 7) is 5.43. The largest absolute Gasteiger partial charge is 0.497 e. The molecule has 5 rings (SSSR count). The van der Waals surface area contributed by atoms with Gasteiger partial charge in [-0.05, 0) is 17.7 Å². The van der Waals surface area contributed by atoms with Gasteiger partial charge in [-0.3, -0.25) is 24.0 Å². The topological polar surface area (TPSA) is 199 Å². The highest BCUT2D eigenvalue weighted by molar-refractivity contribution is 5.73. The molecule has 3 fully saturated rings. The molecular weight excluding hydrogens is 714 g/mol. The van der Waals surface area contributed by atoms with E-state index in [0.29, 0.717) is 11.3 Å². The van der Waals surface area contributed by atoms with Crippen molar-refractivity contribution in [3.63, 3.8) is 0 Å². The van der Waals surface area contributed by atoms with Crippen LogP contribution >= 0.6 is 0 Å². The van der Waals surface area contributed by atoms with Crippen LogP contribution in [0.25, 0.3) is 0 Å². The molecule has 11 unspecified atom stereocenters. The Balaban J connectivity index is 1.55. The average molecular weight is 760 g/mol. The summed E-state index contributed by atoms with van der Waals surface area (Å²) in [5.74, 6) is -2.95. The minimum Gasteiger partial charge on any atom is -0.497 e. The molecule has 0 saturated carbocycles. The van der Waals surface area contributed by atoms with Gasteiger partial charge in [0.15, 0.2) is 37.2 Å². The second-order valence-electron chi connectivity index (χ2n) is 12.8. The standard InChI is InChI=1S/C37H45NO16/c1-19(39)38-29-32(54-37-34(50-23(5)43)33(49-22(4)42)31(48-21(3)41)27(52-37)17-45-20(2)40)30-28(51-36(29)46-16-24-10-8-7-9-11-24)18-47-35(53-30)25-12-14-26(44-6)15-13-25/h7-15,27-37H,16-18H2,1-6H3,(H,38,39). The minimum atomic E-state index is -1.61.